The van der Waals surface area contributed by atoms with Crippen molar-refractivity contribution >= 4 is 16.9 Å². The number of hydrogen-bond donors (Lipinski definition) is 2. The van der Waals surface area contributed by atoms with Gasteiger partial charge in [-0.1, -0.05) is 12.1 Å². The van der Waals surface area contributed by atoms with E-state index in [4.69, 9.17) is 10.2 Å². The molecule has 0 spiro atoms. The van der Waals surface area contributed by atoms with Crippen molar-refractivity contribution in [3.05, 3.63) is 46.3 Å². The molecule has 1 aromatic carbocycles. The predicted octanol–water partition coefficient (Wildman–Crippen LogP) is 1.26. The standard InChI is InChI=1S/C14H16N2O3/c1-9(15)6-7-16-14(18)13-8-11(17)10-4-2-3-5-12(10)19-13/h2-5,8-9H,6-7,15H2,1H3,(H,16,18). The number of rotatable bonds is 4. The molecule has 0 bridgehead atoms. The molecule has 0 radical (unpaired) electrons. The number of para-hydroxylation sites is 1. The van der Waals surface area contributed by atoms with Crippen molar-refractivity contribution < 1.29 is 9.21 Å². The SMILES string of the molecule is CC(N)CCNC(=O)c1cc(=O)c2ccccc2o1. The van der Waals surface area contributed by atoms with Gasteiger partial charge in [-0.25, -0.2) is 0 Å². The minimum absolute atomic E-state index is 0.0175. The summed E-state index contributed by atoms with van der Waals surface area (Å²) in [4.78, 5) is 23.7. The van der Waals surface area contributed by atoms with Gasteiger partial charge in [0, 0.05) is 18.7 Å². The van der Waals surface area contributed by atoms with Crippen LogP contribution in [-0.2, 0) is 0 Å². The van der Waals surface area contributed by atoms with Crippen LogP contribution in [0.15, 0.2) is 39.5 Å². The Labute approximate surface area is 110 Å². The fourth-order valence-corrected chi connectivity index (χ4v) is 1.72. The molecule has 1 amide bonds. The first kappa shape index (κ1) is 13.3. The molecular weight excluding hydrogens is 244 g/mol. The molecule has 0 saturated heterocycles. The third-order valence-electron chi connectivity index (χ3n) is 2.74. The summed E-state index contributed by atoms with van der Waals surface area (Å²) in [6.07, 6.45) is 0.670. The number of hydrogen-bond acceptors (Lipinski definition) is 4. The number of carbonyl (C=O) groups excluding carboxylic acids is 1. The summed E-state index contributed by atoms with van der Waals surface area (Å²) < 4.78 is 5.42. The Morgan fingerprint density at radius 2 is 2.16 bits per heavy atom. The van der Waals surface area contributed by atoms with E-state index in [0.717, 1.165) is 0 Å². The molecule has 2 aromatic rings. The summed E-state index contributed by atoms with van der Waals surface area (Å²) in [7, 11) is 0. The fourth-order valence-electron chi connectivity index (χ4n) is 1.72. The van der Waals surface area contributed by atoms with E-state index in [1.54, 1.807) is 24.3 Å². The number of benzene rings is 1. The number of amides is 1. The summed E-state index contributed by atoms with van der Waals surface area (Å²) in [5, 5.41) is 3.14. The Hall–Kier alpha value is -2.14. The quantitative estimate of drug-likeness (QED) is 0.866. The van der Waals surface area contributed by atoms with Gasteiger partial charge in [0.25, 0.3) is 5.91 Å². The van der Waals surface area contributed by atoms with Crippen molar-refractivity contribution in [2.45, 2.75) is 19.4 Å². The molecule has 3 N–H and O–H groups in total. The molecule has 19 heavy (non-hydrogen) atoms. The zero-order valence-electron chi connectivity index (χ0n) is 10.7. The fraction of sp³-hybridized carbons (Fsp3) is 0.286. The largest absolute Gasteiger partial charge is 0.451 e. The highest BCUT2D eigenvalue weighted by Crippen LogP contribution is 2.11. The number of nitrogens with two attached hydrogens (primary N) is 1. The Balaban J connectivity index is 2.21. The number of fused-ring (bicyclic) bond motifs is 1. The second kappa shape index (κ2) is 5.67. The monoisotopic (exact) mass is 260 g/mol. The van der Waals surface area contributed by atoms with Crippen molar-refractivity contribution in [1.29, 1.82) is 0 Å². The highest BCUT2D eigenvalue weighted by molar-refractivity contribution is 5.93. The van der Waals surface area contributed by atoms with Crippen LogP contribution in [0, 0.1) is 0 Å². The number of carbonyl (C=O) groups is 1. The van der Waals surface area contributed by atoms with E-state index in [0.29, 0.717) is 23.9 Å². The van der Waals surface area contributed by atoms with E-state index in [1.165, 1.54) is 6.07 Å². The summed E-state index contributed by atoms with van der Waals surface area (Å²) in [6, 6.07) is 8.06. The molecule has 0 aliphatic rings. The van der Waals surface area contributed by atoms with Crippen molar-refractivity contribution in [2.75, 3.05) is 6.54 Å². The number of nitrogens with one attached hydrogen (secondary N) is 1. The lowest BCUT2D eigenvalue weighted by molar-refractivity contribution is 0.0925. The summed E-state index contributed by atoms with van der Waals surface area (Å²) in [5.74, 6) is -0.378. The lowest BCUT2D eigenvalue weighted by atomic mass is 10.2. The zero-order valence-corrected chi connectivity index (χ0v) is 10.7. The molecule has 5 heteroatoms. The molecule has 1 atom stereocenters. The topological polar surface area (TPSA) is 85.3 Å². The van der Waals surface area contributed by atoms with Gasteiger partial charge in [0.05, 0.1) is 5.39 Å². The van der Waals surface area contributed by atoms with Crippen LogP contribution >= 0.6 is 0 Å². The summed E-state index contributed by atoms with van der Waals surface area (Å²) in [5.41, 5.74) is 5.78. The van der Waals surface area contributed by atoms with Crippen molar-refractivity contribution in [3.63, 3.8) is 0 Å². The van der Waals surface area contributed by atoms with Crippen LogP contribution in [0.5, 0.6) is 0 Å². The van der Waals surface area contributed by atoms with Gasteiger partial charge < -0.3 is 15.5 Å². The molecule has 1 aromatic heterocycles. The van der Waals surface area contributed by atoms with E-state index in [-0.39, 0.29) is 17.2 Å². The van der Waals surface area contributed by atoms with Crippen LogP contribution < -0.4 is 16.5 Å². The molecule has 5 nitrogen and oxygen atoms in total. The van der Waals surface area contributed by atoms with Gasteiger partial charge in [0.15, 0.2) is 11.2 Å². The third-order valence-corrected chi connectivity index (χ3v) is 2.74. The lowest BCUT2D eigenvalue weighted by Gasteiger charge is -2.07. The Kier molecular flexibility index (Phi) is 3.97. The smallest absolute Gasteiger partial charge is 0.287 e. The maximum atomic E-state index is 11.8. The first-order valence-electron chi connectivity index (χ1n) is 6.14. The second-order valence-electron chi connectivity index (χ2n) is 4.49. The highest BCUT2D eigenvalue weighted by Gasteiger charge is 2.11. The van der Waals surface area contributed by atoms with Gasteiger partial charge in [-0.05, 0) is 25.5 Å². The molecule has 100 valence electrons. The van der Waals surface area contributed by atoms with E-state index in [1.807, 2.05) is 6.92 Å². The third kappa shape index (κ3) is 3.20. The Morgan fingerprint density at radius 1 is 1.42 bits per heavy atom. The normalized spacial score (nSPS) is 12.3. The van der Waals surface area contributed by atoms with E-state index < -0.39 is 5.91 Å². The van der Waals surface area contributed by atoms with Gasteiger partial charge >= 0.3 is 0 Å². The first-order valence-corrected chi connectivity index (χ1v) is 6.14. The van der Waals surface area contributed by atoms with Crippen LogP contribution in [0.2, 0.25) is 0 Å². The zero-order chi connectivity index (χ0) is 13.8. The molecule has 0 aliphatic heterocycles. The van der Waals surface area contributed by atoms with Crippen molar-refractivity contribution in [3.8, 4) is 0 Å². The molecule has 0 fully saturated rings. The van der Waals surface area contributed by atoms with Crippen LogP contribution in [0.3, 0.4) is 0 Å². The maximum absolute atomic E-state index is 11.8. The average molecular weight is 260 g/mol. The molecule has 0 aliphatic carbocycles. The van der Waals surface area contributed by atoms with Crippen LogP contribution in [0.1, 0.15) is 23.9 Å². The Morgan fingerprint density at radius 3 is 2.89 bits per heavy atom. The second-order valence-corrected chi connectivity index (χ2v) is 4.49. The van der Waals surface area contributed by atoms with E-state index in [2.05, 4.69) is 5.32 Å². The molecule has 1 heterocycles. The predicted molar refractivity (Wildman–Crippen MR) is 73.1 cm³/mol. The van der Waals surface area contributed by atoms with Crippen LogP contribution in [-0.4, -0.2) is 18.5 Å². The van der Waals surface area contributed by atoms with Crippen LogP contribution in [0.25, 0.3) is 11.0 Å². The highest BCUT2D eigenvalue weighted by atomic mass is 16.3. The molecule has 2 rings (SSSR count). The van der Waals surface area contributed by atoms with Crippen LogP contribution in [0.4, 0.5) is 0 Å². The summed E-state index contributed by atoms with van der Waals surface area (Å²) >= 11 is 0. The maximum Gasteiger partial charge on any atom is 0.287 e. The van der Waals surface area contributed by atoms with Crippen molar-refractivity contribution in [2.24, 2.45) is 5.73 Å². The molecular formula is C14H16N2O3. The van der Waals surface area contributed by atoms with Gasteiger partial charge in [-0.2, -0.15) is 0 Å². The van der Waals surface area contributed by atoms with Gasteiger partial charge in [-0.15, -0.1) is 0 Å². The molecule has 1 unspecified atom stereocenters. The van der Waals surface area contributed by atoms with Gasteiger partial charge in [0.2, 0.25) is 0 Å². The minimum Gasteiger partial charge on any atom is -0.451 e. The lowest BCUT2D eigenvalue weighted by Crippen LogP contribution is -2.29. The van der Waals surface area contributed by atoms with E-state index >= 15 is 0 Å². The average Bonchev–Trinajstić information content (AvgIpc) is 2.38. The van der Waals surface area contributed by atoms with E-state index in [9.17, 15) is 9.59 Å². The van der Waals surface area contributed by atoms with Gasteiger partial charge in [-0.3, -0.25) is 9.59 Å². The first-order chi connectivity index (χ1) is 9.08. The minimum atomic E-state index is -0.400. The van der Waals surface area contributed by atoms with Gasteiger partial charge in [0.1, 0.15) is 5.58 Å². The van der Waals surface area contributed by atoms with Crippen molar-refractivity contribution in [1.82, 2.24) is 5.32 Å². The molecule has 0 saturated carbocycles. The summed E-state index contributed by atoms with van der Waals surface area (Å²) in [6.45, 7) is 2.31. The Bertz CT molecular complexity index is 646.